The average Bonchev–Trinajstić information content (AvgIpc) is 3.20. The van der Waals surface area contributed by atoms with Crippen LogP contribution in [0.15, 0.2) is 60.8 Å². The van der Waals surface area contributed by atoms with Gasteiger partial charge in [0.1, 0.15) is 12.6 Å². The normalized spacial score (nSPS) is 14.3. The summed E-state index contributed by atoms with van der Waals surface area (Å²) in [5.41, 5.74) is 5.33. The molecule has 0 aromatic carbocycles. The molecule has 0 aromatic heterocycles. The molecule has 0 saturated carbocycles. The van der Waals surface area contributed by atoms with E-state index in [0.29, 0.717) is 12.8 Å². The van der Waals surface area contributed by atoms with Gasteiger partial charge in [-0.25, -0.2) is 4.57 Å². The van der Waals surface area contributed by atoms with Crippen LogP contribution in [-0.2, 0) is 37.5 Å². The first-order valence-corrected chi connectivity index (χ1v) is 23.8. The largest absolute Gasteiger partial charge is 0.480 e. The Bertz CT molecular complexity index is 1210. The number of carbonyl (C=O) groups is 3. The highest BCUT2D eigenvalue weighted by Crippen LogP contribution is 2.43. The van der Waals surface area contributed by atoms with E-state index in [1.165, 1.54) is 57.8 Å². The van der Waals surface area contributed by atoms with Crippen LogP contribution in [0.2, 0.25) is 0 Å². The molecule has 0 aromatic rings. The van der Waals surface area contributed by atoms with Crippen LogP contribution in [0.5, 0.6) is 0 Å². The molecule has 0 spiro atoms. The number of allylic oxidation sites excluding steroid dienone is 10. The van der Waals surface area contributed by atoms with Crippen molar-refractivity contribution < 1.29 is 47.5 Å². The number of phosphoric ester groups is 1. The summed E-state index contributed by atoms with van der Waals surface area (Å²) in [7, 11) is -4.72. The lowest BCUT2D eigenvalue weighted by atomic mass is 10.1. The van der Waals surface area contributed by atoms with E-state index in [2.05, 4.69) is 79.1 Å². The zero-order valence-electron chi connectivity index (χ0n) is 36.1. The van der Waals surface area contributed by atoms with E-state index in [4.69, 9.17) is 24.8 Å². The van der Waals surface area contributed by atoms with Gasteiger partial charge in [0, 0.05) is 12.8 Å². The molecule has 0 saturated heterocycles. The zero-order valence-corrected chi connectivity index (χ0v) is 37.0. The number of nitrogens with two attached hydrogens (primary N) is 1. The number of carbonyl (C=O) groups excluding carboxylic acids is 2. The molecular weight excluding hydrogens is 757 g/mol. The number of hydrogen-bond acceptors (Lipinski definition) is 9. The molecule has 0 aliphatic carbocycles. The molecule has 0 bridgehead atoms. The first-order valence-electron chi connectivity index (χ1n) is 22.3. The highest BCUT2D eigenvalue weighted by atomic mass is 31.2. The average molecular weight is 838 g/mol. The number of unbranched alkanes of at least 4 members (excludes halogenated alkanes) is 17. The van der Waals surface area contributed by atoms with Gasteiger partial charge in [-0.05, 0) is 77.0 Å². The Morgan fingerprint density at radius 2 is 0.966 bits per heavy atom. The van der Waals surface area contributed by atoms with Crippen LogP contribution in [-0.4, -0.2) is 59.9 Å². The fraction of sp³-hybridized carbons (Fsp3) is 0.717. The quantitative estimate of drug-likeness (QED) is 0.0231. The van der Waals surface area contributed by atoms with Crippen molar-refractivity contribution in [2.24, 2.45) is 5.73 Å². The Kier molecular flexibility index (Phi) is 38.9. The number of rotatable bonds is 41. The monoisotopic (exact) mass is 838 g/mol. The first kappa shape index (κ1) is 55.2. The minimum absolute atomic E-state index is 0.138. The maximum atomic E-state index is 12.6. The highest BCUT2D eigenvalue weighted by molar-refractivity contribution is 7.47. The van der Waals surface area contributed by atoms with Crippen LogP contribution < -0.4 is 5.73 Å². The maximum Gasteiger partial charge on any atom is 0.472 e. The van der Waals surface area contributed by atoms with Gasteiger partial charge in [-0.2, -0.15) is 0 Å². The molecule has 0 aliphatic heterocycles. The summed E-state index contributed by atoms with van der Waals surface area (Å²) in [6, 6.07) is -1.53. The second-order valence-electron chi connectivity index (χ2n) is 14.8. The smallest absolute Gasteiger partial charge is 0.472 e. The van der Waals surface area contributed by atoms with Crippen molar-refractivity contribution in [1.82, 2.24) is 0 Å². The summed E-state index contributed by atoms with van der Waals surface area (Å²) in [5, 5.41) is 8.89. The van der Waals surface area contributed by atoms with Crippen molar-refractivity contribution in [1.29, 1.82) is 0 Å². The molecule has 12 heteroatoms. The molecule has 0 amide bonds. The summed E-state index contributed by atoms with van der Waals surface area (Å²) in [5.74, 6) is -2.41. The molecule has 58 heavy (non-hydrogen) atoms. The minimum Gasteiger partial charge on any atom is -0.480 e. The first-order chi connectivity index (χ1) is 28.1. The van der Waals surface area contributed by atoms with Crippen molar-refractivity contribution in [2.75, 3.05) is 19.8 Å². The van der Waals surface area contributed by atoms with E-state index in [1.54, 1.807) is 0 Å². The van der Waals surface area contributed by atoms with Gasteiger partial charge in [-0.1, -0.05) is 152 Å². The molecule has 0 radical (unpaired) electrons. The number of ether oxygens (including phenoxy) is 2. The fourth-order valence-electron chi connectivity index (χ4n) is 5.76. The third-order valence-electron chi connectivity index (χ3n) is 9.25. The Morgan fingerprint density at radius 1 is 0.552 bits per heavy atom. The maximum absolute atomic E-state index is 12.6. The SMILES string of the molecule is CC/C=C/C/C=C/C/C=C/CCCCCCCC(=O)O[C@H](COC(=O)CCCCCCCCCCC/C=C/C/C=C/CCCCC)COP(=O)(O)OC[C@H](N)C(=O)O. The molecule has 0 fully saturated rings. The van der Waals surface area contributed by atoms with E-state index in [-0.39, 0.29) is 19.4 Å². The molecule has 0 aliphatic rings. The molecule has 4 N–H and O–H groups in total. The van der Waals surface area contributed by atoms with Crippen molar-refractivity contribution >= 4 is 25.7 Å². The van der Waals surface area contributed by atoms with Crippen LogP contribution in [0.4, 0.5) is 0 Å². The summed E-state index contributed by atoms with van der Waals surface area (Å²) in [6.45, 7) is 2.64. The molecule has 0 rings (SSSR count). The predicted molar refractivity (Wildman–Crippen MR) is 235 cm³/mol. The van der Waals surface area contributed by atoms with Gasteiger partial charge in [-0.3, -0.25) is 23.4 Å². The van der Waals surface area contributed by atoms with E-state index in [1.807, 2.05) is 0 Å². The summed E-state index contributed by atoms with van der Waals surface area (Å²) in [4.78, 5) is 46.0. The van der Waals surface area contributed by atoms with Gasteiger partial charge in [0.2, 0.25) is 0 Å². The highest BCUT2D eigenvalue weighted by Gasteiger charge is 2.28. The number of carboxylic acid groups (broad SMARTS) is 1. The number of phosphoric acid groups is 1. The third kappa shape index (κ3) is 40.0. The molecule has 1 unspecified atom stereocenters. The van der Waals surface area contributed by atoms with Crippen LogP contribution in [0, 0.1) is 0 Å². The summed E-state index contributed by atoms with van der Waals surface area (Å²) >= 11 is 0. The van der Waals surface area contributed by atoms with Crippen molar-refractivity contribution in [3.8, 4) is 0 Å². The topological polar surface area (TPSA) is 172 Å². The number of esters is 2. The van der Waals surface area contributed by atoms with Crippen molar-refractivity contribution in [3.05, 3.63) is 60.8 Å². The lowest BCUT2D eigenvalue weighted by Gasteiger charge is -2.20. The van der Waals surface area contributed by atoms with Crippen molar-refractivity contribution in [2.45, 2.75) is 193 Å². The second kappa shape index (κ2) is 40.9. The van der Waals surface area contributed by atoms with Gasteiger partial charge in [-0.15, -0.1) is 0 Å². The Labute approximate surface area is 351 Å². The van der Waals surface area contributed by atoms with Crippen LogP contribution in [0.25, 0.3) is 0 Å². The molecular formula is C46H80NO10P. The van der Waals surface area contributed by atoms with Crippen molar-refractivity contribution in [3.63, 3.8) is 0 Å². The van der Waals surface area contributed by atoms with Gasteiger partial charge in [0.05, 0.1) is 13.2 Å². The molecule has 334 valence electrons. The van der Waals surface area contributed by atoms with Gasteiger partial charge < -0.3 is 25.2 Å². The van der Waals surface area contributed by atoms with Crippen LogP contribution in [0.1, 0.15) is 181 Å². The molecule has 11 nitrogen and oxygen atoms in total. The number of aliphatic carboxylic acids is 1. The standard InChI is InChI=1S/C46H80NO10P/c1-3-5-7-9-11-13-15-17-19-20-21-22-24-25-27-29-31-33-35-37-44(48)54-39-42(40-55-58(52,53)56-41-43(47)46(50)51)57-45(49)38-36-34-32-30-28-26-23-18-16-14-12-10-8-6-4-2/h6,8,11-14,17-19,23,42-43H,3-5,7,9-10,15-16,20-22,24-41,47H2,1-2H3,(H,50,51)(H,52,53)/b8-6+,13-11+,14-12+,19-17+,23-18+/t42-,43+/m1/s1. The van der Waals surface area contributed by atoms with Gasteiger partial charge in [0.15, 0.2) is 6.10 Å². The molecule has 3 atom stereocenters. The lowest BCUT2D eigenvalue weighted by Crippen LogP contribution is -2.34. The van der Waals surface area contributed by atoms with E-state index in [9.17, 15) is 23.8 Å². The van der Waals surface area contributed by atoms with Gasteiger partial charge in [0.25, 0.3) is 0 Å². The van der Waals surface area contributed by atoms with E-state index in [0.717, 1.165) is 83.5 Å². The second-order valence-corrected chi connectivity index (χ2v) is 16.2. The van der Waals surface area contributed by atoms with Gasteiger partial charge >= 0.3 is 25.7 Å². The zero-order chi connectivity index (χ0) is 42.8. The Balaban J connectivity index is 4.36. The lowest BCUT2D eigenvalue weighted by molar-refractivity contribution is -0.161. The summed E-state index contributed by atoms with van der Waals surface area (Å²) in [6.07, 6.45) is 47.1. The van der Waals surface area contributed by atoms with Crippen LogP contribution in [0.3, 0.4) is 0 Å². The summed E-state index contributed by atoms with van der Waals surface area (Å²) < 4.78 is 32.7. The Morgan fingerprint density at radius 3 is 1.45 bits per heavy atom. The minimum atomic E-state index is -4.72. The molecule has 0 heterocycles. The predicted octanol–water partition coefficient (Wildman–Crippen LogP) is 12.0. The fourth-order valence-corrected chi connectivity index (χ4v) is 6.53. The van der Waals surface area contributed by atoms with Crippen LogP contribution >= 0.6 is 7.82 Å². The van der Waals surface area contributed by atoms with E-state index >= 15 is 0 Å². The third-order valence-corrected chi connectivity index (χ3v) is 10.2. The number of hydrogen-bond donors (Lipinski definition) is 3. The van der Waals surface area contributed by atoms with E-state index < -0.39 is 51.1 Å². The number of carboxylic acids is 1. The Hall–Kier alpha value is -2.82.